The molecule has 0 aliphatic heterocycles. The summed E-state index contributed by atoms with van der Waals surface area (Å²) in [4.78, 5) is 12.1. The van der Waals surface area contributed by atoms with Crippen LogP contribution in [-0.2, 0) is 11.3 Å². The third-order valence-electron chi connectivity index (χ3n) is 4.34. The maximum Gasteiger partial charge on any atom is 0.244 e. The van der Waals surface area contributed by atoms with E-state index in [-0.39, 0.29) is 5.91 Å². The highest BCUT2D eigenvalue weighted by Gasteiger charge is 2.10. The van der Waals surface area contributed by atoms with Crippen LogP contribution in [0.4, 0.5) is 0 Å². The van der Waals surface area contributed by atoms with Crippen LogP contribution in [0.25, 0.3) is 11.8 Å². The van der Waals surface area contributed by atoms with Crippen LogP contribution in [0.2, 0.25) is 0 Å². The highest BCUT2D eigenvalue weighted by atomic mass is 16.1. The van der Waals surface area contributed by atoms with Crippen LogP contribution >= 0.6 is 0 Å². The van der Waals surface area contributed by atoms with Gasteiger partial charge in [-0.15, -0.1) is 0 Å². The van der Waals surface area contributed by atoms with E-state index in [1.807, 2.05) is 86.1 Å². The lowest BCUT2D eigenvalue weighted by Gasteiger charge is -2.04. The van der Waals surface area contributed by atoms with Crippen LogP contribution in [-0.4, -0.2) is 15.7 Å². The Morgan fingerprint density at radius 3 is 2.42 bits per heavy atom. The van der Waals surface area contributed by atoms with Gasteiger partial charge in [-0.1, -0.05) is 48.0 Å². The SMILES string of the molecule is Cc1ccc(CNC(=O)C=Cc2c(C)nn(-c3ccccc3)c2C)cc1. The molecule has 0 radical (unpaired) electrons. The molecular formula is C22H23N3O. The van der Waals surface area contributed by atoms with Crippen molar-refractivity contribution >= 4 is 12.0 Å². The average Bonchev–Trinajstić information content (AvgIpc) is 2.94. The number of hydrogen-bond acceptors (Lipinski definition) is 2. The lowest BCUT2D eigenvalue weighted by atomic mass is 10.1. The van der Waals surface area contributed by atoms with Crippen LogP contribution in [0.1, 0.15) is 28.1 Å². The number of benzene rings is 2. The van der Waals surface area contributed by atoms with E-state index in [4.69, 9.17) is 0 Å². The zero-order chi connectivity index (χ0) is 18.5. The quantitative estimate of drug-likeness (QED) is 0.707. The first-order chi connectivity index (χ1) is 12.5. The largest absolute Gasteiger partial charge is 0.348 e. The van der Waals surface area contributed by atoms with Crippen molar-refractivity contribution in [1.82, 2.24) is 15.1 Å². The fourth-order valence-electron chi connectivity index (χ4n) is 2.83. The minimum Gasteiger partial charge on any atom is -0.348 e. The summed E-state index contributed by atoms with van der Waals surface area (Å²) in [5, 5.41) is 7.51. The van der Waals surface area contributed by atoms with E-state index in [2.05, 4.69) is 10.4 Å². The Hall–Kier alpha value is -3.14. The number of aryl methyl sites for hydroxylation is 2. The third-order valence-corrected chi connectivity index (χ3v) is 4.34. The Kier molecular flexibility index (Phi) is 5.32. The monoisotopic (exact) mass is 345 g/mol. The fourth-order valence-corrected chi connectivity index (χ4v) is 2.83. The Labute approximate surface area is 154 Å². The molecule has 0 unspecified atom stereocenters. The molecule has 0 aliphatic carbocycles. The van der Waals surface area contributed by atoms with Crippen LogP contribution < -0.4 is 5.32 Å². The number of carbonyl (C=O) groups excluding carboxylic acids is 1. The molecule has 0 atom stereocenters. The number of para-hydroxylation sites is 1. The molecule has 3 rings (SSSR count). The van der Waals surface area contributed by atoms with Gasteiger partial charge in [0.25, 0.3) is 0 Å². The molecule has 26 heavy (non-hydrogen) atoms. The topological polar surface area (TPSA) is 46.9 Å². The molecule has 0 bridgehead atoms. The number of rotatable bonds is 5. The minimum atomic E-state index is -0.114. The van der Waals surface area contributed by atoms with Crippen molar-refractivity contribution in [3.8, 4) is 5.69 Å². The van der Waals surface area contributed by atoms with E-state index in [0.29, 0.717) is 6.54 Å². The zero-order valence-corrected chi connectivity index (χ0v) is 15.4. The molecule has 1 amide bonds. The Morgan fingerprint density at radius 1 is 1.04 bits per heavy atom. The second-order valence-electron chi connectivity index (χ2n) is 6.37. The molecule has 132 valence electrons. The van der Waals surface area contributed by atoms with Crippen LogP contribution in [0.5, 0.6) is 0 Å². The van der Waals surface area contributed by atoms with Crippen LogP contribution in [0.3, 0.4) is 0 Å². The van der Waals surface area contributed by atoms with Crippen LogP contribution in [0.15, 0.2) is 60.7 Å². The van der Waals surface area contributed by atoms with Gasteiger partial charge in [-0.2, -0.15) is 5.10 Å². The molecule has 1 N–H and O–H groups in total. The molecule has 4 nitrogen and oxygen atoms in total. The number of nitrogens with zero attached hydrogens (tertiary/aromatic N) is 2. The van der Waals surface area contributed by atoms with E-state index >= 15 is 0 Å². The number of amides is 1. The molecule has 3 aromatic rings. The molecule has 1 aromatic heterocycles. The van der Waals surface area contributed by atoms with E-state index in [0.717, 1.165) is 28.2 Å². The number of aromatic nitrogens is 2. The standard InChI is InChI=1S/C22H23N3O/c1-16-9-11-19(12-10-16)15-23-22(26)14-13-21-17(2)24-25(18(21)3)20-7-5-4-6-8-20/h4-14H,15H2,1-3H3,(H,23,26). The summed E-state index contributed by atoms with van der Waals surface area (Å²) >= 11 is 0. The predicted molar refractivity (Wildman–Crippen MR) is 105 cm³/mol. The van der Waals surface area contributed by atoms with Crippen LogP contribution in [0, 0.1) is 20.8 Å². The fraction of sp³-hybridized carbons (Fsp3) is 0.182. The highest BCUT2D eigenvalue weighted by Crippen LogP contribution is 2.19. The normalized spacial score (nSPS) is 11.0. The summed E-state index contributed by atoms with van der Waals surface area (Å²) in [7, 11) is 0. The molecular weight excluding hydrogens is 322 g/mol. The Morgan fingerprint density at radius 2 is 1.73 bits per heavy atom. The highest BCUT2D eigenvalue weighted by molar-refractivity contribution is 5.92. The van der Waals surface area contributed by atoms with E-state index < -0.39 is 0 Å². The molecule has 0 saturated heterocycles. The Bertz CT molecular complexity index is 922. The maximum absolute atomic E-state index is 12.1. The molecule has 1 heterocycles. The van der Waals surface area contributed by atoms with Crippen molar-refractivity contribution in [2.24, 2.45) is 0 Å². The molecule has 0 aliphatic rings. The van der Waals surface area contributed by atoms with Crippen molar-refractivity contribution in [3.05, 3.63) is 88.8 Å². The van der Waals surface area contributed by atoms with E-state index in [1.54, 1.807) is 6.08 Å². The first-order valence-electron chi connectivity index (χ1n) is 8.67. The van der Waals surface area contributed by atoms with Crippen molar-refractivity contribution in [2.45, 2.75) is 27.3 Å². The first-order valence-corrected chi connectivity index (χ1v) is 8.67. The second kappa shape index (κ2) is 7.83. The van der Waals surface area contributed by atoms with Gasteiger partial charge < -0.3 is 5.32 Å². The van der Waals surface area contributed by atoms with Gasteiger partial charge in [-0.05, 0) is 44.5 Å². The number of hydrogen-bond donors (Lipinski definition) is 1. The first kappa shape index (κ1) is 17.7. The van der Waals surface area contributed by atoms with E-state index in [9.17, 15) is 4.79 Å². The van der Waals surface area contributed by atoms with Gasteiger partial charge >= 0.3 is 0 Å². The lowest BCUT2D eigenvalue weighted by Crippen LogP contribution is -2.20. The van der Waals surface area contributed by atoms with Gasteiger partial charge in [0, 0.05) is 23.9 Å². The smallest absolute Gasteiger partial charge is 0.244 e. The number of carbonyl (C=O) groups is 1. The van der Waals surface area contributed by atoms with E-state index in [1.165, 1.54) is 5.56 Å². The maximum atomic E-state index is 12.1. The second-order valence-corrected chi connectivity index (χ2v) is 6.37. The molecule has 4 heteroatoms. The van der Waals surface area contributed by atoms with Gasteiger partial charge in [0.1, 0.15) is 0 Å². The summed E-state index contributed by atoms with van der Waals surface area (Å²) in [5.41, 5.74) is 6.18. The Balaban J connectivity index is 1.69. The minimum absolute atomic E-state index is 0.114. The predicted octanol–water partition coefficient (Wildman–Crippen LogP) is 4.13. The number of nitrogens with one attached hydrogen (secondary N) is 1. The average molecular weight is 345 g/mol. The van der Waals surface area contributed by atoms with Gasteiger partial charge in [-0.25, -0.2) is 4.68 Å². The van der Waals surface area contributed by atoms with Gasteiger partial charge in [0.05, 0.1) is 11.4 Å². The van der Waals surface area contributed by atoms with Crippen molar-refractivity contribution in [1.29, 1.82) is 0 Å². The van der Waals surface area contributed by atoms with Crippen molar-refractivity contribution < 1.29 is 4.79 Å². The van der Waals surface area contributed by atoms with Crippen molar-refractivity contribution in [2.75, 3.05) is 0 Å². The zero-order valence-electron chi connectivity index (χ0n) is 15.4. The summed E-state index contributed by atoms with van der Waals surface area (Å²) in [6.07, 6.45) is 3.40. The molecule has 0 fully saturated rings. The van der Waals surface area contributed by atoms with Crippen molar-refractivity contribution in [3.63, 3.8) is 0 Å². The molecule has 0 saturated carbocycles. The summed E-state index contributed by atoms with van der Waals surface area (Å²) in [6, 6.07) is 18.1. The lowest BCUT2D eigenvalue weighted by molar-refractivity contribution is -0.116. The molecule has 2 aromatic carbocycles. The molecule has 0 spiro atoms. The van der Waals surface area contributed by atoms with Gasteiger partial charge in [-0.3, -0.25) is 4.79 Å². The summed E-state index contributed by atoms with van der Waals surface area (Å²) in [5.74, 6) is -0.114. The summed E-state index contributed by atoms with van der Waals surface area (Å²) < 4.78 is 1.90. The van der Waals surface area contributed by atoms with Gasteiger partial charge in [0.15, 0.2) is 0 Å². The third kappa shape index (κ3) is 4.09. The van der Waals surface area contributed by atoms with Gasteiger partial charge in [0.2, 0.25) is 5.91 Å². The summed E-state index contributed by atoms with van der Waals surface area (Å²) in [6.45, 7) is 6.53.